The molecule has 9 heteroatoms. The van der Waals surface area contributed by atoms with Gasteiger partial charge in [-0.15, -0.1) is 10.2 Å². The third-order valence-corrected chi connectivity index (χ3v) is 5.67. The molecule has 4 rings (SSSR count). The molecule has 0 fully saturated rings. The molecule has 0 aliphatic heterocycles. The summed E-state index contributed by atoms with van der Waals surface area (Å²) >= 11 is 4.69. The van der Waals surface area contributed by atoms with E-state index in [0.29, 0.717) is 23.3 Å². The van der Waals surface area contributed by atoms with E-state index in [0.717, 1.165) is 15.4 Å². The summed E-state index contributed by atoms with van der Waals surface area (Å²) in [5.41, 5.74) is 0.913. The van der Waals surface area contributed by atoms with Gasteiger partial charge in [-0.3, -0.25) is 9.36 Å². The van der Waals surface area contributed by atoms with Crippen LogP contribution in [-0.4, -0.2) is 26.4 Å². The largest absolute Gasteiger partial charge is 0.453 e. The minimum Gasteiger partial charge on any atom is -0.453 e. The van der Waals surface area contributed by atoms with Crippen LogP contribution in [0.15, 0.2) is 62.6 Å². The normalized spacial score (nSPS) is 11.1. The van der Waals surface area contributed by atoms with E-state index in [-0.39, 0.29) is 17.3 Å². The van der Waals surface area contributed by atoms with Crippen LogP contribution in [0.2, 0.25) is 0 Å². The highest BCUT2D eigenvalue weighted by molar-refractivity contribution is 9.10. The predicted octanol–water partition coefficient (Wildman–Crippen LogP) is 5.34. The molecule has 6 nitrogen and oxygen atoms in total. The maximum atomic E-state index is 13.7. The molecule has 2 aromatic carbocycles. The van der Waals surface area contributed by atoms with Crippen LogP contribution in [0, 0.1) is 5.82 Å². The first-order valence-electron chi connectivity index (χ1n) is 8.85. The van der Waals surface area contributed by atoms with Crippen molar-refractivity contribution in [1.82, 2.24) is 14.8 Å². The number of halogens is 2. The zero-order valence-corrected chi connectivity index (χ0v) is 17.8. The molecule has 4 aromatic rings. The van der Waals surface area contributed by atoms with Gasteiger partial charge < -0.3 is 9.73 Å². The lowest BCUT2D eigenvalue weighted by Gasteiger charge is -2.07. The van der Waals surface area contributed by atoms with Gasteiger partial charge in [0, 0.05) is 16.4 Å². The van der Waals surface area contributed by atoms with Crippen molar-refractivity contribution in [3.8, 4) is 11.6 Å². The summed E-state index contributed by atoms with van der Waals surface area (Å²) in [6, 6.07) is 13.7. The maximum absolute atomic E-state index is 13.7. The monoisotopic (exact) mass is 474 g/mol. The first-order valence-corrected chi connectivity index (χ1v) is 10.6. The standard InChI is InChI=1S/C20H16BrFN4O2S/c1-2-26-19(17-10-12-9-13(21)7-8-16(12)28-17)24-25-20(26)29-11-18(27)23-15-6-4-3-5-14(15)22/h3-10H,2,11H2,1H3,(H,23,27). The van der Waals surface area contributed by atoms with Crippen LogP contribution < -0.4 is 5.32 Å². The van der Waals surface area contributed by atoms with E-state index >= 15 is 0 Å². The van der Waals surface area contributed by atoms with E-state index in [1.54, 1.807) is 12.1 Å². The number of furan rings is 1. The number of hydrogen-bond acceptors (Lipinski definition) is 5. The molecule has 1 amide bonds. The van der Waals surface area contributed by atoms with Gasteiger partial charge >= 0.3 is 0 Å². The van der Waals surface area contributed by atoms with Crippen molar-refractivity contribution in [3.05, 3.63) is 58.8 Å². The second-order valence-electron chi connectivity index (χ2n) is 6.16. The fraction of sp³-hybridized carbons (Fsp3) is 0.150. The highest BCUT2D eigenvalue weighted by atomic mass is 79.9. The quantitative estimate of drug-likeness (QED) is 0.381. The summed E-state index contributed by atoms with van der Waals surface area (Å²) < 4.78 is 22.4. The van der Waals surface area contributed by atoms with Gasteiger partial charge in [0.1, 0.15) is 11.4 Å². The molecular formula is C20H16BrFN4O2S. The molecule has 0 spiro atoms. The molecule has 0 saturated heterocycles. The molecule has 0 saturated carbocycles. The number of fused-ring (bicyclic) bond motifs is 1. The van der Waals surface area contributed by atoms with Crippen molar-refractivity contribution in [2.45, 2.75) is 18.6 Å². The highest BCUT2D eigenvalue weighted by Gasteiger charge is 2.18. The summed E-state index contributed by atoms with van der Waals surface area (Å²) in [7, 11) is 0. The summed E-state index contributed by atoms with van der Waals surface area (Å²) in [6.07, 6.45) is 0. The van der Waals surface area contributed by atoms with Crippen LogP contribution in [0.3, 0.4) is 0 Å². The Labute approximate surface area is 178 Å². The number of carbonyl (C=O) groups is 1. The third-order valence-electron chi connectivity index (χ3n) is 4.21. The van der Waals surface area contributed by atoms with E-state index in [1.165, 1.54) is 23.9 Å². The number of carbonyl (C=O) groups excluding carboxylic acids is 1. The summed E-state index contributed by atoms with van der Waals surface area (Å²) in [5, 5.41) is 12.6. The summed E-state index contributed by atoms with van der Waals surface area (Å²) in [4.78, 5) is 12.2. The Morgan fingerprint density at radius 2 is 2.07 bits per heavy atom. The van der Waals surface area contributed by atoms with Crippen LogP contribution in [0.4, 0.5) is 10.1 Å². The Bertz CT molecular complexity index is 1190. The van der Waals surface area contributed by atoms with E-state index in [4.69, 9.17) is 4.42 Å². The molecule has 0 aliphatic rings. The number of aromatic nitrogens is 3. The van der Waals surface area contributed by atoms with Crippen LogP contribution >= 0.6 is 27.7 Å². The molecule has 148 valence electrons. The molecule has 0 aliphatic carbocycles. The number of rotatable bonds is 6. The lowest BCUT2D eigenvalue weighted by Crippen LogP contribution is -2.15. The lowest BCUT2D eigenvalue weighted by molar-refractivity contribution is -0.113. The average molecular weight is 475 g/mol. The average Bonchev–Trinajstić information content (AvgIpc) is 3.31. The van der Waals surface area contributed by atoms with Crippen molar-refractivity contribution >= 4 is 50.3 Å². The van der Waals surface area contributed by atoms with Crippen molar-refractivity contribution in [2.75, 3.05) is 11.1 Å². The summed E-state index contributed by atoms with van der Waals surface area (Å²) in [5.74, 6) is 0.494. The van der Waals surface area contributed by atoms with Crippen LogP contribution in [0.25, 0.3) is 22.6 Å². The number of nitrogens with one attached hydrogen (secondary N) is 1. The number of anilines is 1. The molecule has 1 N–H and O–H groups in total. The van der Waals surface area contributed by atoms with Gasteiger partial charge in [-0.25, -0.2) is 4.39 Å². The number of amides is 1. The van der Waals surface area contributed by atoms with E-state index < -0.39 is 5.82 Å². The molecular weight excluding hydrogens is 459 g/mol. The van der Waals surface area contributed by atoms with Crippen LogP contribution in [0.5, 0.6) is 0 Å². The zero-order valence-electron chi connectivity index (χ0n) is 15.4. The number of nitrogens with zero attached hydrogens (tertiary/aromatic N) is 3. The first-order chi connectivity index (χ1) is 14.0. The Balaban J connectivity index is 1.51. The molecule has 0 radical (unpaired) electrons. The molecule has 0 bridgehead atoms. The van der Waals surface area contributed by atoms with Crippen molar-refractivity contribution < 1.29 is 13.6 Å². The number of benzene rings is 2. The fourth-order valence-corrected chi connectivity index (χ4v) is 4.05. The van der Waals surface area contributed by atoms with Gasteiger partial charge in [-0.2, -0.15) is 0 Å². The predicted molar refractivity (Wildman–Crippen MR) is 114 cm³/mol. The Morgan fingerprint density at radius 3 is 2.86 bits per heavy atom. The molecule has 2 aromatic heterocycles. The Kier molecular flexibility index (Phi) is 5.68. The van der Waals surface area contributed by atoms with E-state index in [9.17, 15) is 9.18 Å². The van der Waals surface area contributed by atoms with Crippen molar-refractivity contribution in [2.24, 2.45) is 0 Å². The zero-order chi connectivity index (χ0) is 20.4. The third kappa shape index (κ3) is 4.20. The van der Waals surface area contributed by atoms with Crippen LogP contribution in [0.1, 0.15) is 6.92 Å². The minimum absolute atomic E-state index is 0.0829. The van der Waals surface area contributed by atoms with Crippen molar-refractivity contribution in [3.63, 3.8) is 0 Å². The van der Waals surface area contributed by atoms with Gasteiger partial charge in [0.05, 0.1) is 11.4 Å². The summed E-state index contributed by atoms with van der Waals surface area (Å²) in [6.45, 7) is 2.58. The van der Waals surface area contributed by atoms with Gasteiger partial charge in [0.2, 0.25) is 11.7 Å². The topological polar surface area (TPSA) is 73.0 Å². The number of para-hydroxylation sites is 1. The minimum atomic E-state index is -0.471. The smallest absolute Gasteiger partial charge is 0.234 e. The molecule has 0 atom stereocenters. The second kappa shape index (κ2) is 8.38. The van der Waals surface area contributed by atoms with E-state index in [2.05, 4.69) is 31.4 Å². The second-order valence-corrected chi connectivity index (χ2v) is 8.02. The van der Waals surface area contributed by atoms with Gasteiger partial charge in [-0.1, -0.05) is 39.8 Å². The fourth-order valence-electron chi connectivity index (χ4n) is 2.87. The van der Waals surface area contributed by atoms with Crippen LogP contribution in [-0.2, 0) is 11.3 Å². The maximum Gasteiger partial charge on any atom is 0.234 e. The molecule has 2 heterocycles. The molecule has 0 unspecified atom stereocenters. The SMILES string of the molecule is CCn1c(SCC(=O)Nc2ccccc2F)nnc1-c1cc2cc(Br)ccc2o1. The van der Waals surface area contributed by atoms with Gasteiger partial charge in [0.15, 0.2) is 10.9 Å². The lowest BCUT2D eigenvalue weighted by atomic mass is 10.2. The van der Waals surface area contributed by atoms with E-state index in [1.807, 2.05) is 35.8 Å². The number of thioether (sulfide) groups is 1. The highest BCUT2D eigenvalue weighted by Crippen LogP contribution is 2.30. The van der Waals surface area contributed by atoms with Gasteiger partial charge in [0.25, 0.3) is 0 Å². The van der Waals surface area contributed by atoms with Crippen molar-refractivity contribution in [1.29, 1.82) is 0 Å². The Morgan fingerprint density at radius 1 is 1.24 bits per heavy atom. The number of hydrogen-bond donors (Lipinski definition) is 1. The molecule has 29 heavy (non-hydrogen) atoms. The van der Waals surface area contributed by atoms with Gasteiger partial charge in [-0.05, 0) is 43.3 Å². The first kappa shape index (κ1) is 19.7. The Hall–Kier alpha value is -2.65.